The average Bonchev–Trinajstić information content (AvgIpc) is 3.17. The van der Waals surface area contributed by atoms with E-state index >= 15 is 0 Å². The Bertz CT molecular complexity index is 1420. The van der Waals surface area contributed by atoms with E-state index in [1.807, 2.05) is 0 Å². The molecule has 0 aliphatic carbocycles. The highest BCUT2D eigenvalue weighted by Crippen LogP contribution is 2.41. The number of sulfone groups is 1. The zero-order valence-corrected chi connectivity index (χ0v) is 18.3. The van der Waals surface area contributed by atoms with Crippen LogP contribution in [0.2, 0.25) is 0 Å². The number of carbonyl (C=O) groups is 1. The minimum Gasteiger partial charge on any atom is -0.298 e. The number of rotatable bonds is 5. The third kappa shape index (κ3) is 4.58. The molecule has 0 saturated heterocycles. The van der Waals surface area contributed by atoms with Crippen LogP contribution in [0.5, 0.6) is 0 Å². The van der Waals surface area contributed by atoms with Gasteiger partial charge in [-0.15, -0.1) is 0 Å². The summed E-state index contributed by atoms with van der Waals surface area (Å²) in [7, 11) is -3.57. The Morgan fingerprint density at radius 3 is 2.34 bits per heavy atom. The van der Waals surface area contributed by atoms with Crippen LogP contribution in [0.3, 0.4) is 0 Å². The van der Waals surface area contributed by atoms with Gasteiger partial charge in [0.15, 0.2) is 15.0 Å². The first-order chi connectivity index (χ1) is 15.2. The van der Waals surface area contributed by atoms with Gasteiger partial charge in [0.1, 0.15) is 11.6 Å². The van der Waals surface area contributed by atoms with Crippen LogP contribution in [0.15, 0.2) is 77.7 Å². The minimum absolute atomic E-state index is 0.0802. The van der Waals surface area contributed by atoms with Gasteiger partial charge in [0.2, 0.25) is 0 Å². The summed E-state index contributed by atoms with van der Waals surface area (Å²) in [4.78, 5) is 17.7. The molecule has 162 valence electrons. The molecule has 5 nitrogen and oxygen atoms in total. The number of hydrogen-bond donors (Lipinski definition) is 1. The summed E-state index contributed by atoms with van der Waals surface area (Å²) in [6.07, 6.45) is 1.10. The maximum atomic E-state index is 13.5. The first-order valence-electron chi connectivity index (χ1n) is 9.35. The zero-order chi connectivity index (χ0) is 22.9. The van der Waals surface area contributed by atoms with Gasteiger partial charge in [-0.1, -0.05) is 47.7 Å². The molecular formula is C23H16F2N2O3S2. The monoisotopic (exact) mass is 470 g/mol. The topological polar surface area (TPSA) is 76.1 Å². The Hall–Kier alpha value is -3.43. The SMILES string of the molecule is CS(=O)(=O)c1ccccc1-c1nc(NC(=O)c2cccc(F)c2)sc1-c1ccc(F)cc1. The number of thiazole rings is 1. The average molecular weight is 471 g/mol. The molecule has 0 spiro atoms. The van der Waals surface area contributed by atoms with Crippen molar-refractivity contribution in [2.24, 2.45) is 0 Å². The second-order valence-corrected chi connectivity index (χ2v) is 9.92. The van der Waals surface area contributed by atoms with Crippen LogP contribution in [0, 0.1) is 11.6 Å². The summed E-state index contributed by atoms with van der Waals surface area (Å²) in [5, 5.41) is 2.83. The number of anilines is 1. The number of aromatic nitrogens is 1. The van der Waals surface area contributed by atoms with Crippen molar-refractivity contribution in [2.75, 3.05) is 11.6 Å². The second kappa shape index (κ2) is 8.60. The molecule has 1 N–H and O–H groups in total. The highest BCUT2D eigenvalue weighted by molar-refractivity contribution is 7.90. The molecule has 4 rings (SSSR count). The maximum absolute atomic E-state index is 13.5. The molecule has 0 bridgehead atoms. The van der Waals surface area contributed by atoms with Gasteiger partial charge in [-0.05, 0) is 42.0 Å². The van der Waals surface area contributed by atoms with Crippen molar-refractivity contribution in [1.82, 2.24) is 4.98 Å². The molecule has 0 aliphatic rings. The Morgan fingerprint density at radius 1 is 0.938 bits per heavy atom. The third-order valence-electron chi connectivity index (χ3n) is 4.58. The van der Waals surface area contributed by atoms with E-state index in [0.29, 0.717) is 21.7 Å². The molecular weight excluding hydrogens is 454 g/mol. The predicted octanol–water partition coefficient (Wildman–Crippen LogP) is 5.41. The number of hydrogen-bond acceptors (Lipinski definition) is 5. The fourth-order valence-electron chi connectivity index (χ4n) is 3.14. The highest BCUT2D eigenvalue weighted by Gasteiger charge is 2.22. The number of benzene rings is 3. The molecule has 0 saturated carbocycles. The van der Waals surface area contributed by atoms with Gasteiger partial charge in [-0.25, -0.2) is 22.2 Å². The van der Waals surface area contributed by atoms with Gasteiger partial charge in [0.05, 0.1) is 15.5 Å². The molecule has 3 aromatic carbocycles. The van der Waals surface area contributed by atoms with Gasteiger partial charge in [0.25, 0.3) is 5.91 Å². The molecule has 1 amide bonds. The van der Waals surface area contributed by atoms with Crippen LogP contribution in [0.1, 0.15) is 10.4 Å². The van der Waals surface area contributed by atoms with Gasteiger partial charge in [-0.2, -0.15) is 0 Å². The van der Waals surface area contributed by atoms with Crippen LogP contribution < -0.4 is 5.32 Å². The van der Waals surface area contributed by atoms with Crippen LogP contribution >= 0.6 is 11.3 Å². The highest BCUT2D eigenvalue weighted by atomic mass is 32.2. The van der Waals surface area contributed by atoms with Crippen molar-refractivity contribution in [3.8, 4) is 21.7 Å². The molecule has 0 fully saturated rings. The summed E-state index contributed by atoms with van der Waals surface area (Å²) in [6.45, 7) is 0. The zero-order valence-electron chi connectivity index (χ0n) is 16.7. The van der Waals surface area contributed by atoms with Crippen LogP contribution in [-0.2, 0) is 9.84 Å². The molecule has 4 aromatic rings. The van der Waals surface area contributed by atoms with Crippen molar-refractivity contribution in [1.29, 1.82) is 0 Å². The van der Waals surface area contributed by atoms with Crippen molar-refractivity contribution in [2.45, 2.75) is 4.90 Å². The van der Waals surface area contributed by atoms with E-state index in [-0.39, 0.29) is 15.6 Å². The molecule has 1 aromatic heterocycles. The number of amides is 1. The summed E-state index contributed by atoms with van der Waals surface area (Å²) < 4.78 is 51.6. The quantitative estimate of drug-likeness (QED) is 0.423. The lowest BCUT2D eigenvalue weighted by molar-refractivity contribution is 0.102. The number of carbonyl (C=O) groups excluding carboxylic acids is 1. The van der Waals surface area contributed by atoms with Crippen molar-refractivity contribution in [3.05, 3.63) is 90.0 Å². The molecule has 1 heterocycles. The van der Waals surface area contributed by atoms with Crippen LogP contribution in [-0.4, -0.2) is 25.6 Å². The van der Waals surface area contributed by atoms with Crippen molar-refractivity contribution >= 4 is 32.2 Å². The first kappa shape index (κ1) is 21.8. The molecule has 0 radical (unpaired) electrons. The number of nitrogens with one attached hydrogen (secondary N) is 1. The standard InChI is InChI=1S/C23H16F2N2O3S2/c1-32(29,30)19-8-3-2-7-18(19)20-21(14-9-11-16(24)12-10-14)31-23(26-20)27-22(28)15-5-4-6-17(25)13-15/h2-13H,1H3,(H,26,27,28). The lowest BCUT2D eigenvalue weighted by atomic mass is 10.1. The fourth-order valence-corrected chi connectivity index (χ4v) is 5.01. The van der Waals surface area contributed by atoms with Gasteiger partial charge < -0.3 is 0 Å². The third-order valence-corrected chi connectivity index (χ3v) is 6.76. The number of halogens is 2. The normalized spacial score (nSPS) is 11.3. The molecule has 32 heavy (non-hydrogen) atoms. The summed E-state index contributed by atoms with van der Waals surface area (Å²) in [6, 6.07) is 17.3. The Kier molecular flexibility index (Phi) is 5.86. The summed E-state index contributed by atoms with van der Waals surface area (Å²) in [5.41, 5.74) is 1.41. The smallest absolute Gasteiger partial charge is 0.257 e. The van der Waals surface area contributed by atoms with E-state index in [2.05, 4.69) is 10.3 Å². The van der Waals surface area contributed by atoms with Crippen molar-refractivity contribution < 1.29 is 22.0 Å². The van der Waals surface area contributed by atoms with Crippen LogP contribution in [0.25, 0.3) is 21.7 Å². The van der Waals surface area contributed by atoms with Crippen molar-refractivity contribution in [3.63, 3.8) is 0 Å². The van der Waals surface area contributed by atoms with E-state index in [9.17, 15) is 22.0 Å². The largest absolute Gasteiger partial charge is 0.298 e. The van der Waals surface area contributed by atoms with E-state index in [1.165, 1.54) is 36.4 Å². The summed E-state index contributed by atoms with van der Waals surface area (Å²) in [5.74, 6) is -1.53. The molecule has 0 aliphatic heterocycles. The fraction of sp³-hybridized carbons (Fsp3) is 0.0435. The Morgan fingerprint density at radius 2 is 1.66 bits per heavy atom. The number of nitrogens with zero attached hydrogens (tertiary/aromatic N) is 1. The van der Waals surface area contributed by atoms with E-state index in [1.54, 1.807) is 30.3 Å². The Labute approximate surface area is 187 Å². The van der Waals surface area contributed by atoms with Crippen LogP contribution in [0.4, 0.5) is 13.9 Å². The lowest BCUT2D eigenvalue weighted by Gasteiger charge is -2.08. The maximum Gasteiger partial charge on any atom is 0.257 e. The van der Waals surface area contributed by atoms with Gasteiger partial charge in [0, 0.05) is 17.4 Å². The predicted molar refractivity (Wildman–Crippen MR) is 120 cm³/mol. The van der Waals surface area contributed by atoms with E-state index in [0.717, 1.165) is 23.7 Å². The Balaban J connectivity index is 1.84. The van der Waals surface area contributed by atoms with E-state index in [4.69, 9.17) is 0 Å². The minimum atomic E-state index is -3.57. The molecule has 0 unspecified atom stereocenters. The van der Waals surface area contributed by atoms with E-state index < -0.39 is 27.4 Å². The lowest BCUT2D eigenvalue weighted by Crippen LogP contribution is -2.11. The second-order valence-electron chi connectivity index (χ2n) is 6.94. The van der Waals surface area contributed by atoms with Gasteiger partial charge >= 0.3 is 0 Å². The summed E-state index contributed by atoms with van der Waals surface area (Å²) >= 11 is 1.11. The molecule has 9 heteroatoms. The molecule has 0 atom stereocenters. The first-order valence-corrected chi connectivity index (χ1v) is 12.1. The van der Waals surface area contributed by atoms with Gasteiger partial charge in [-0.3, -0.25) is 10.1 Å².